The van der Waals surface area contributed by atoms with E-state index in [0.717, 1.165) is 12.8 Å². The topological polar surface area (TPSA) is 82.9 Å². The number of azide groups is 1. The maximum Gasteiger partial charge on any atom is 0.136 e. The Balaban J connectivity index is 4.24. The lowest BCUT2D eigenvalue weighted by Crippen LogP contribution is -2.20. The lowest BCUT2D eigenvalue weighted by atomic mass is 9.94. The van der Waals surface area contributed by atoms with Gasteiger partial charge in [0.1, 0.15) is 11.6 Å². The molecule has 0 spiro atoms. The molecular weight excluding hydrogens is 206 g/mol. The van der Waals surface area contributed by atoms with Crippen LogP contribution < -0.4 is 0 Å². The van der Waals surface area contributed by atoms with Gasteiger partial charge in [-0.1, -0.05) is 25.4 Å². The van der Waals surface area contributed by atoms with Crippen molar-refractivity contribution in [3.05, 3.63) is 10.4 Å². The van der Waals surface area contributed by atoms with Gasteiger partial charge >= 0.3 is 0 Å². The van der Waals surface area contributed by atoms with E-state index < -0.39 is 5.92 Å². The molecule has 1 atom stereocenters. The quantitative estimate of drug-likeness (QED) is 0.343. The Morgan fingerprint density at radius 3 is 2.56 bits per heavy atom. The Bertz CT molecular complexity index is 283. The second kappa shape index (κ2) is 8.92. The van der Waals surface area contributed by atoms with Crippen molar-refractivity contribution >= 4 is 11.6 Å². The van der Waals surface area contributed by atoms with E-state index in [-0.39, 0.29) is 24.5 Å². The minimum atomic E-state index is -0.426. The van der Waals surface area contributed by atoms with E-state index in [1.54, 1.807) is 6.92 Å². The molecule has 0 N–H and O–H groups in total. The van der Waals surface area contributed by atoms with Gasteiger partial charge in [-0.3, -0.25) is 9.59 Å². The van der Waals surface area contributed by atoms with Gasteiger partial charge in [-0.25, -0.2) is 0 Å². The smallest absolute Gasteiger partial charge is 0.136 e. The first-order chi connectivity index (χ1) is 7.65. The average Bonchev–Trinajstić information content (AvgIpc) is 2.30. The van der Waals surface area contributed by atoms with E-state index in [2.05, 4.69) is 10.0 Å². The van der Waals surface area contributed by atoms with Crippen molar-refractivity contribution in [2.24, 2.45) is 11.0 Å². The molecule has 0 aliphatic carbocycles. The van der Waals surface area contributed by atoms with Gasteiger partial charge in [-0.05, 0) is 12.0 Å². The van der Waals surface area contributed by atoms with Gasteiger partial charge in [0.25, 0.3) is 0 Å². The van der Waals surface area contributed by atoms with Crippen molar-refractivity contribution in [3.63, 3.8) is 0 Å². The predicted octanol–water partition coefficient (Wildman–Crippen LogP) is 3.04. The summed E-state index contributed by atoms with van der Waals surface area (Å²) in [6, 6.07) is 0. The SMILES string of the molecule is CCCCC(=O)CC(CN=[N+]=[N-])C(=O)CC. The van der Waals surface area contributed by atoms with Crippen molar-refractivity contribution in [2.75, 3.05) is 6.54 Å². The maximum atomic E-state index is 11.5. The van der Waals surface area contributed by atoms with Crippen LogP contribution in [0.4, 0.5) is 0 Å². The highest BCUT2D eigenvalue weighted by molar-refractivity contribution is 5.88. The van der Waals surface area contributed by atoms with Crippen LogP contribution in [0, 0.1) is 5.92 Å². The summed E-state index contributed by atoms with van der Waals surface area (Å²) in [5, 5.41) is 3.38. The number of ketones is 2. The van der Waals surface area contributed by atoms with Gasteiger partial charge in [-0.15, -0.1) is 0 Å². The highest BCUT2D eigenvalue weighted by atomic mass is 16.1. The number of rotatable bonds is 9. The first kappa shape index (κ1) is 14.6. The second-order valence-electron chi connectivity index (χ2n) is 3.78. The number of carbonyl (C=O) groups excluding carboxylic acids is 2. The van der Waals surface area contributed by atoms with Crippen LogP contribution in [0.2, 0.25) is 0 Å². The first-order valence-electron chi connectivity index (χ1n) is 5.70. The summed E-state index contributed by atoms with van der Waals surface area (Å²) in [5.74, 6) is -0.343. The Hall–Kier alpha value is -1.35. The number of hydrogen-bond donors (Lipinski definition) is 0. The zero-order valence-corrected chi connectivity index (χ0v) is 9.98. The molecule has 5 nitrogen and oxygen atoms in total. The molecule has 1 unspecified atom stereocenters. The monoisotopic (exact) mass is 225 g/mol. The fraction of sp³-hybridized carbons (Fsp3) is 0.818. The molecule has 0 amide bonds. The van der Waals surface area contributed by atoms with Gasteiger partial charge in [0.05, 0.1) is 0 Å². The van der Waals surface area contributed by atoms with Crippen LogP contribution in [0.25, 0.3) is 10.4 Å². The average molecular weight is 225 g/mol. The molecule has 5 heteroatoms. The molecule has 0 fully saturated rings. The Morgan fingerprint density at radius 2 is 2.06 bits per heavy atom. The number of unbranched alkanes of at least 4 members (excludes halogenated alkanes) is 1. The van der Waals surface area contributed by atoms with E-state index in [0.29, 0.717) is 12.8 Å². The third-order valence-electron chi connectivity index (χ3n) is 2.45. The Kier molecular flexibility index (Phi) is 8.17. The predicted molar refractivity (Wildman–Crippen MR) is 62.0 cm³/mol. The summed E-state index contributed by atoms with van der Waals surface area (Å²) >= 11 is 0. The van der Waals surface area contributed by atoms with Crippen LogP contribution in [0.5, 0.6) is 0 Å². The van der Waals surface area contributed by atoms with Crippen molar-refractivity contribution in [2.45, 2.75) is 46.0 Å². The van der Waals surface area contributed by atoms with Crippen LogP contribution in [-0.2, 0) is 9.59 Å². The molecule has 0 aliphatic rings. The van der Waals surface area contributed by atoms with Crippen LogP contribution in [0.15, 0.2) is 5.11 Å². The highest BCUT2D eigenvalue weighted by Crippen LogP contribution is 2.11. The van der Waals surface area contributed by atoms with Gasteiger partial charge in [-0.2, -0.15) is 0 Å². The first-order valence-corrected chi connectivity index (χ1v) is 5.70. The Labute approximate surface area is 95.8 Å². The van der Waals surface area contributed by atoms with E-state index >= 15 is 0 Å². The van der Waals surface area contributed by atoms with Crippen LogP contribution in [-0.4, -0.2) is 18.1 Å². The lowest BCUT2D eigenvalue weighted by Gasteiger charge is -2.10. The molecule has 0 saturated carbocycles. The van der Waals surface area contributed by atoms with Gasteiger partial charge < -0.3 is 0 Å². The van der Waals surface area contributed by atoms with Crippen molar-refractivity contribution < 1.29 is 9.59 Å². The van der Waals surface area contributed by atoms with Gasteiger partial charge in [0, 0.05) is 36.6 Å². The summed E-state index contributed by atoms with van der Waals surface area (Å²) in [6.45, 7) is 3.87. The molecule has 90 valence electrons. The zero-order valence-electron chi connectivity index (χ0n) is 9.98. The molecule has 0 aromatic carbocycles. The zero-order chi connectivity index (χ0) is 12.4. The lowest BCUT2D eigenvalue weighted by molar-refractivity contribution is -0.127. The molecule has 0 heterocycles. The van der Waals surface area contributed by atoms with Crippen molar-refractivity contribution in [1.82, 2.24) is 0 Å². The number of carbonyl (C=O) groups is 2. The van der Waals surface area contributed by atoms with Gasteiger partial charge in [0.2, 0.25) is 0 Å². The second-order valence-corrected chi connectivity index (χ2v) is 3.78. The molecule has 0 aliphatic heterocycles. The minimum absolute atomic E-state index is 0.00255. The summed E-state index contributed by atoms with van der Waals surface area (Å²) in [5.41, 5.74) is 8.21. The molecular formula is C11H19N3O2. The summed E-state index contributed by atoms with van der Waals surface area (Å²) in [6.07, 6.45) is 2.93. The van der Waals surface area contributed by atoms with Crippen LogP contribution in [0.1, 0.15) is 46.0 Å². The van der Waals surface area contributed by atoms with Crippen LogP contribution in [0.3, 0.4) is 0 Å². The summed E-state index contributed by atoms with van der Waals surface area (Å²) < 4.78 is 0. The summed E-state index contributed by atoms with van der Waals surface area (Å²) in [7, 11) is 0. The molecule has 0 bridgehead atoms. The summed E-state index contributed by atoms with van der Waals surface area (Å²) in [4.78, 5) is 25.6. The molecule has 0 saturated heterocycles. The third-order valence-corrected chi connectivity index (χ3v) is 2.45. The van der Waals surface area contributed by atoms with Crippen molar-refractivity contribution in [3.8, 4) is 0 Å². The number of Topliss-reactive ketones (excluding diaryl/α,β-unsaturated/α-hetero) is 2. The molecule has 0 radical (unpaired) electrons. The van der Waals surface area contributed by atoms with Crippen molar-refractivity contribution in [1.29, 1.82) is 0 Å². The standard InChI is InChI=1S/C11H19N3O2/c1-3-5-6-10(15)7-9(8-13-14-12)11(16)4-2/h9H,3-8H2,1-2H3. The fourth-order valence-corrected chi connectivity index (χ4v) is 1.45. The molecule has 0 rings (SSSR count). The minimum Gasteiger partial charge on any atom is -0.300 e. The normalized spacial score (nSPS) is 11.6. The van der Waals surface area contributed by atoms with Crippen LogP contribution >= 0.6 is 0 Å². The molecule has 0 aromatic rings. The fourth-order valence-electron chi connectivity index (χ4n) is 1.45. The van der Waals surface area contributed by atoms with E-state index in [4.69, 9.17) is 5.53 Å². The Morgan fingerprint density at radius 1 is 1.38 bits per heavy atom. The largest absolute Gasteiger partial charge is 0.300 e. The van der Waals surface area contributed by atoms with E-state index in [1.807, 2.05) is 6.92 Å². The third kappa shape index (κ3) is 6.19. The van der Waals surface area contributed by atoms with E-state index in [9.17, 15) is 9.59 Å². The number of nitrogens with zero attached hydrogens (tertiary/aromatic N) is 3. The molecule has 16 heavy (non-hydrogen) atoms. The highest BCUT2D eigenvalue weighted by Gasteiger charge is 2.19. The number of hydrogen-bond acceptors (Lipinski definition) is 3. The molecule has 0 aromatic heterocycles. The van der Waals surface area contributed by atoms with Gasteiger partial charge in [0.15, 0.2) is 0 Å². The maximum absolute atomic E-state index is 11.5. The van der Waals surface area contributed by atoms with E-state index in [1.165, 1.54) is 0 Å².